The zero-order valence-electron chi connectivity index (χ0n) is 6.67. The van der Waals surface area contributed by atoms with E-state index in [1.165, 1.54) is 0 Å². The molecule has 0 fully saturated rings. The molecule has 0 aromatic heterocycles. The van der Waals surface area contributed by atoms with Crippen LogP contribution in [0.1, 0.15) is 11.1 Å². The summed E-state index contributed by atoms with van der Waals surface area (Å²) >= 11 is 5.61. The van der Waals surface area contributed by atoms with Crippen LogP contribution in [0, 0.1) is 11.3 Å². The van der Waals surface area contributed by atoms with Crippen LogP contribution in [0.3, 0.4) is 0 Å². The molecule has 12 heavy (non-hydrogen) atoms. The van der Waals surface area contributed by atoms with Gasteiger partial charge >= 0.3 is 0 Å². The molecule has 0 aliphatic carbocycles. The third kappa shape index (κ3) is 1.69. The van der Waals surface area contributed by atoms with Gasteiger partial charge in [0.25, 0.3) is 0 Å². The third-order valence-electron chi connectivity index (χ3n) is 1.58. The van der Waals surface area contributed by atoms with Crippen LogP contribution in [-0.4, -0.2) is 7.11 Å². The maximum absolute atomic E-state index is 8.71. The highest BCUT2D eigenvalue weighted by Crippen LogP contribution is 2.18. The molecule has 1 rings (SSSR count). The molecule has 0 bridgehead atoms. The lowest BCUT2D eigenvalue weighted by Gasteiger charge is -2.02. The summed E-state index contributed by atoms with van der Waals surface area (Å²) in [6.07, 6.45) is 0. The van der Waals surface area contributed by atoms with Crippen LogP contribution in [0.2, 0.25) is 0 Å². The number of nitrogens with zero attached hydrogens (tertiary/aromatic N) is 1. The first-order chi connectivity index (χ1) is 5.81. The second kappa shape index (κ2) is 3.99. The minimum Gasteiger partial charge on any atom is -0.497 e. The number of rotatable bonds is 2. The quantitative estimate of drug-likeness (QED) is 0.656. The smallest absolute Gasteiger partial charge is 0.120 e. The van der Waals surface area contributed by atoms with Crippen molar-refractivity contribution < 1.29 is 4.74 Å². The van der Waals surface area contributed by atoms with Gasteiger partial charge < -0.3 is 4.74 Å². The van der Waals surface area contributed by atoms with E-state index >= 15 is 0 Å². The van der Waals surface area contributed by atoms with Gasteiger partial charge in [-0.25, -0.2) is 0 Å². The molecule has 0 aliphatic rings. The Morgan fingerprint density at radius 3 is 2.83 bits per heavy atom. The normalized spacial score (nSPS) is 9.08. The van der Waals surface area contributed by atoms with Crippen molar-refractivity contribution in [1.29, 1.82) is 5.26 Å². The first kappa shape index (κ1) is 8.89. The van der Waals surface area contributed by atoms with Gasteiger partial charge in [-0.3, -0.25) is 0 Å². The fourth-order valence-corrected chi connectivity index (χ4v) is 1.14. The molecule has 0 unspecified atom stereocenters. The van der Waals surface area contributed by atoms with Gasteiger partial charge in [0.1, 0.15) is 5.75 Å². The van der Waals surface area contributed by atoms with Crippen molar-refractivity contribution >= 4 is 11.6 Å². The van der Waals surface area contributed by atoms with E-state index in [1.807, 2.05) is 0 Å². The van der Waals surface area contributed by atoms with Gasteiger partial charge in [-0.15, -0.1) is 11.6 Å². The molecule has 0 saturated heterocycles. The number of ether oxygens (including phenoxy) is 1. The van der Waals surface area contributed by atoms with Crippen molar-refractivity contribution in [2.45, 2.75) is 5.88 Å². The average molecular weight is 182 g/mol. The monoisotopic (exact) mass is 181 g/mol. The molecular weight excluding hydrogens is 174 g/mol. The summed E-state index contributed by atoms with van der Waals surface area (Å²) in [4.78, 5) is 0. The van der Waals surface area contributed by atoms with Crippen molar-refractivity contribution in [1.82, 2.24) is 0 Å². The SMILES string of the molecule is COc1ccc(CCl)c(C#N)c1. The number of hydrogen-bond donors (Lipinski definition) is 0. The predicted octanol–water partition coefficient (Wildman–Crippen LogP) is 2.31. The number of nitriles is 1. The van der Waals surface area contributed by atoms with E-state index in [0.717, 1.165) is 5.56 Å². The lowest BCUT2D eigenvalue weighted by atomic mass is 10.1. The Hall–Kier alpha value is -1.20. The minimum absolute atomic E-state index is 0.354. The average Bonchev–Trinajstić information content (AvgIpc) is 2.16. The fraction of sp³-hybridized carbons (Fsp3) is 0.222. The molecule has 62 valence electrons. The number of hydrogen-bond acceptors (Lipinski definition) is 2. The minimum atomic E-state index is 0.354. The summed E-state index contributed by atoms with van der Waals surface area (Å²) in [6.45, 7) is 0. The maximum atomic E-state index is 8.71. The number of alkyl halides is 1. The molecule has 0 heterocycles. The highest BCUT2D eigenvalue weighted by Gasteiger charge is 2.01. The van der Waals surface area contributed by atoms with Crippen LogP contribution in [-0.2, 0) is 5.88 Å². The molecule has 1 aromatic rings. The van der Waals surface area contributed by atoms with Crippen molar-refractivity contribution in [3.8, 4) is 11.8 Å². The number of methoxy groups -OCH3 is 1. The first-order valence-electron chi connectivity index (χ1n) is 3.44. The predicted molar refractivity (Wildman–Crippen MR) is 47.3 cm³/mol. The second-order valence-corrected chi connectivity index (χ2v) is 2.54. The highest BCUT2D eigenvalue weighted by atomic mass is 35.5. The first-order valence-corrected chi connectivity index (χ1v) is 3.98. The molecule has 0 radical (unpaired) electrons. The summed E-state index contributed by atoms with van der Waals surface area (Å²) in [5.41, 5.74) is 1.41. The molecule has 0 N–H and O–H groups in total. The molecule has 2 nitrogen and oxygen atoms in total. The fourth-order valence-electron chi connectivity index (χ4n) is 0.903. The Kier molecular flexibility index (Phi) is 2.95. The standard InChI is InChI=1S/C9H8ClNO/c1-12-9-3-2-7(5-10)8(4-9)6-11/h2-4H,5H2,1H3. The Balaban J connectivity index is 3.13. The maximum Gasteiger partial charge on any atom is 0.120 e. The van der Waals surface area contributed by atoms with E-state index in [4.69, 9.17) is 21.6 Å². The van der Waals surface area contributed by atoms with Gasteiger partial charge in [0, 0.05) is 5.88 Å². The molecule has 0 atom stereocenters. The zero-order valence-corrected chi connectivity index (χ0v) is 7.43. The van der Waals surface area contributed by atoms with Crippen LogP contribution >= 0.6 is 11.6 Å². The highest BCUT2D eigenvalue weighted by molar-refractivity contribution is 6.17. The van der Waals surface area contributed by atoms with Gasteiger partial charge in [-0.1, -0.05) is 6.07 Å². The summed E-state index contributed by atoms with van der Waals surface area (Å²) in [7, 11) is 1.57. The summed E-state index contributed by atoms with van der Waals surface area (Å²) < 4.78 is 4.96. The lowest BCUT2D eigenvalue weighted by Crippen LogP contribution is -1.88. The lowest BCUT2D eigenvalue weighted by molar-refractivity contribution is 0.414. The summed E-state index contributed by atoms with van der Waals surface area (Å²) in [5, 5.41) is 8.71. The van der Waals surface area contributed by atoms with E-state index < -0.39 is 0 Å². The Bertz CT molecular complexity index is 317. The second-order valence-electron chi connectivity index (χ2n) is 2.27. The van der Waals surface area contributed by atoms with Crippen LogP contribution in [0.25, 0.3) is 0 Å². The third-order valence-corrected chi connectivity index (χ3v) is 1.87. The van der Waals surface area contributed by atoms with Crippen LogP contribution in [0.15, 0.2) is 18.2 Å². The molecule has 3 heteroatoms. The largest absolute Gasteiger partial charge is 0.497 e. The number of benzene rings is 1. The molecule has 1 aromatic carbocycles. The van der Waals surface area contributed by atoms with Crippen LogP contribution in [0.5, 0.6) is 5.75 Å². The van der Waals surface area contributed by atoms with Gasteiger partial charge in [0.2, 0.25) is 0 Å². The van der Waals surface area contributed by atoms with Crippen LogP contribution in [0.4, 0.5) is 0 Å². The summed E-state index contributed by atoms with van der Waals surface area (Å²) in [5.74, 6) is 1.03. The van der Waals surface area contributed by atoms with E-state index in [1.54, 1.807) is 25.3 Å². The molecule has 0 spiro atoms. The Morgan fingerprint density at radius 2 is 2.33 bits per heavy atom. The molecule has 0 saturated carbocycles. The Morgan fingerprint density at radius 1 is 1.58 bits per heavy atom. The summed E-state index contributed by atoms with van der Waals surface area (Å²) in [6, 6.07) is 7.32. The van der Waals surface area contributed by atoms with Crippen molar-refractivity contribution in [2.24, 2.45) is 0 Å². The molecular formula is C9H8ClNO. The van der Waals surface area contributed by atoms with Crippen molar-refractivity contribution in [3.63, 3.8) is 0 Å². The topological polar surface area (TPSA) is 33.0 Å². The van der Waals surface area contributed by atoms with Crippen molar-refractivity contribution in [2.75, 3.05) is 7.11 Å². The van der Waals surface area contributed by atoms with E-state index in [2.05, 4.69) is 6.07 Å². The molecule has 0 aliphatic heterocycles. The van der Waals surface area contributed by atoms with E-state index in [-0.39, 0.29) is 0 Å². The van der Waals surface area contributed by atoms with Gasteiger partial charge in [0.15, 0.2) is 0 Å². The van der Waals surface area contributed by atoms with Gasteiger partial charge in [0.05, 0.1) is 18.7 Å². The van der Waals surface area contributed by atoms with E-state index in [0.29, 0.717) is 17.2 Å². The van der Waals surface area contributed by atoms with Crippen molar-refractivity contribution in [3.05, 3.63) is 29.3 Å². The van der Waals surface area contributed by atoms with E-state index in [9.17, 15) is 0 Å². The Labute approximate surface area is 76.3 Å². The van der Waals surface area contributed by atoms with Crippen LogP contribution < -0.4 is 4.74 Å². The molecule has 0 amide bonds. The van der Waals surface area contributed by atoms with Gasteiger partial charge in [-0.2, -0.15) is 5.26 Å². The number of halogens is 1. The van der Waals surface area contributed by atoms with Gasteiger partial charge in [-0.05, 0) is 17.7 Å². The zero-order chi connectivity index (χ0) is 8.97.